The molecule has 0 unspecified atom stereocenters. The normalized spacial score (nSPS) is 15.7. The zero-order valence-electron chi connectivity index (χ0n) is 26.9. The first-order valence-electron chi connectivity index (χ1n) is 16.1. The Labute approximate surface area is 276 Å². The molecule has 0 saturated carbocycles. The molecule has 0 bridgehead atoms. The Kier molecular flexibility index (Phi) is 9.25. The fourth-order valence-corrected chi connectivity index (χ4v) is 6.65. The Morgan fingerprint density at radius 1 is 0.978 bits per heavy atom. The van der Waals surface area contributed by atoms with E-state index in [-0.39, 0.29) is 17.6 Å². The molecule has 1 aliphatic heterocycles. The highest BCUT2D eigenvalue weighted by atomic mass is 35.5. The van der Waals surface area contributed by atoms with Crippen molar-refractivity contribution in [1.82, 2.24) is 24.9 Å². The average Bonchev–Trinajstić information content (AvgIpc) is 3.56. The lowest BCUT2D eigenvalue weighted by atomic mass is 9.98. The highest BCUT2D eigenvalue weighted by Gasteiger charge is 2.29. The summed E-state index contributed by atoms with van der Waals surface area (Å²) in [5, 5.41) is 28.1. The summed E-state index contributed by atoms with van der Waals surface area (Å²) in [6, 6.07) is 26.6. The minimum atomic E-state index is -0.298. The molecule has 9 heteroatoms. The van der Waals surface area contributed by atoms with E-state index in [1.54, 1.807) is 6.20 Å². The second-order valence-corrected chi connectivity index (χ2v) is 13.5. The molecule has 1 aliphatic rings. The van der Waals surface area contributed by atoms with Gasteiger partial charge in [0.1, 0.15) is 11.8 Å². The lowest BCUT2D eigenvalue weighted by Crippen LogP contribution is -2.46. The number of halogens is 1. The summed E-state index contributed by atoms with van der Waals surface area (Å²) in [4.78, 5) is 7.31. The molecule has 46 heavy (non-hydrogen) atoms. The summed E-state index contributed by atoms with van der Waals surface area (Å²) in [6.45, 7) is 11.0. The SMILES string of the molecule is CC[C@@H](Nc1c(C#N)cnc2c(N[C@@H](c3ccccc3)c3cn(C4CCN(C(C)(C)C)CC4)nn3)cc(Cl)cc12)c1ccccc1. The number of benzene rings is 3. The maximum absolute atomic E-state index is 10.1. The first-order valence-corrected chi connectivity index (χ1v) is 16.4. The van der Waals surface area contributed by atoms with Gasteiger partial charge >= 0.3 is 0 Å². The molecule has 236 valence electrons. The van der Waals surface area contributed by atoms with Gasteiger partial charge < -0.3 is 10.6 Å². The van der Waals surface area contributed by atoms with Crippen molar-refractivity contribution in [2.75, 3.05) is 23.7 Å². The second kappa shape index (κ2) is 13.5. The van der Waals surface area contributed by atoms with E-state index in [9.17, 15) is 5.26 Å². The largest absolute Gasteiger partial charge is 0.377 e. The summed E-state index contributed by atoms with van der Waals surface area (Å²) >= 11 is 6.79. The van der Waals surface area contributed by atoms with Crippen LogP contribution >= 0.6 is 11.6 Å². The van der Waals surface area contributed by atoms with Crippen LogP contribution in [0.3, 0.4) is 0 Å². The highest BCUT2D eigenvalue weighted by molar-refractivity contribution is 6.32. The number of aromatic nitrogens is 4. The van der Waals surface area contributed by atoms with Gasteiger partial charge in [0.15, 0.2) is 0 Å². The Morgan fingerprint density at radius 2 is 1.65 bits per heavy atom. The Bertz CT molecular complexity index is 1820. The van der Waals surface area contributed by atoms with Crippen molar-refractivity contribution in [1.29, 1.82) is 5.26 Å². The monoisotopic (exact) mass is 632 g/mol. The number of nitriles is 1. The van der Waals surface area contributed by atoms with Crippen molar-refractivity contribution in [3.05, 3.63) is 113 Å². The van der Waals surface area contributed by atoms with Crippen LogP contribution in [0, 0.1) is 11.3 Å². The number of nitrogens with one attached hydrogen (secondary N) is 2. The number of fused-ring (bicyclic) bond motifs is 1. The molecule has 2 atom stereocenters. The molecule has 0 amide bonds. The number of piperidine rings is 1. The first kappa shape index (κ1) is 31.5. The Balaban J connectivity index is 1.36. The van der Waals surface area contributed by atoms with Crippen molar-refractivity contribution in [3.63, 3.8) is 0 Å². The van der Waals surface area contributed by atoms with Gasteiger partial charge in [-0.3, -0.25) is 9.88 Å². The van der Waals surface area contributed by atoms with Crippen molar-refractivity contribution >= 4 is 33.9 Å². The van der Waals surface area contributed by atoms with Gasteiger partial charge in [-0.1, -0.05) is 84.4 Å². The van der Waals surface area contributed by atoms with Gasteiger partial charge in [-0.15, -0.1) is 5.10 Å². The van der Waals surface area contributed by atoms with Crippen LogP contribution in [0.2, 0.25) is 5.02 Å². The zero-order chi connectivity index (χ0) is 32.3. The van der Waals surface area contributed by atoms with E-state index in [1.807, 2.05) is 53.2 Å². The molecular formula is C37H41ClN8. The van der Waals surface area contributed by atoms with Crippen molar-refractivity contribution in [2.45, 2.75) is 70.6 Å². The van der Waals surface area contributed by atoms with Crippen molar-refractivity contribution < 1.29 is 0 Å². The highest BCUT2D eigenvalue weighted by Crippen LogP contribution is 2.38. The van der Waals surface area contributed by atoms with E-state index < -0.39 is 0 Å². The minimum absolute atomic E-state index is 0.0108. The summed E-state index contributed by atoms with van der Waals surface area (Å²) in [7, 11) is 0. The quantitative estimate of drug-likeness (QED) is 0.168. The molecule has 0 aliphatic carbocycles. The van der Waals surface area contributed by atoms with Crippen LogP contribution in [-0.2, 0) is 0 Å². The summed E-state index contributed by atoms with van der Waals surface area (Å²) < 4.78 is 2.04. The number of pyridine rings is 1. The van der Waals surface area contributed by atoms with Crippen LogP contribution in [0.15, 0.2) is 85.2 Å². The fourth-order valence-electron chi connectivity index (χ4n) is 6.43. The third kappa shape index (κ3) is 6.72. The molecule has 0 spiro atoms. The predicted octanol–water partition coefficient (Wildman–Crippen LogP) is 8.55. The molecule has 3 aromatic carbocycles. The van der Waals surface area contributed by atoms with Crippen LogP contribution in [0.5, 0.6) is 0 Å². The van der Waals surface area contributed by atoms with Gasteiger partial charge in [-0.25, -0.2) is 4.68 Å². The van der Waals surface area contributed by atoms with Crippen molar-refractivity contribution in [3.8, 4) is 6.07 Å². The molecular weight excluding hydrogens is 592 g/mol. The molecule has 1 saturated heterocycles. The second-order valence-electron chi connectivity index (χ2n) is 13.0. The van der Waals surface area contributed by atoms with Gasteiger partial charge in [0.25, 0.3) is 0 Å². The molecule has 2 N–H and O–H groups in total. The smallest absolute Gasteiger partial charge is 0.109 e. The third-order valence-electron chi connectivity index (χ3n) is 9.03. The van der Waals surface area contributed by atoms with E-state index in [4.69, 9.17) is 21.7 Å². The maximum Gasteiger partial charge on any atom is 0.109 e. The van der Waals surface area contributed by atoms with E-state index in [0.717, 1.165) is 71.5 Å². The van der Waals surface area contributed by atoms with Gasteiger partial charge in [-0.05, 0) is 63.3 Å². The number of likely N-dealkylation sites (tertiary alicyclic amines) is 1. The fraction of sp³-hybridized carbons (Fsp3) is 0.351. The molecule has 1 fully saturated rings. The van der Waals surface area contributed by atoms with Gasteiger partial charge in [0, 0.05) is 35.2 Å². The summed E-state index contributed by atoms with van der Waals surface area (Å²) in [5.41, 5.74) is 5.84. The topological polar surface area (TPSA) is 94.7 Å². The zero-order valence-corrected chi connectivity index (χ0v) is 27.7. The Morgan fingerprint density at radius 3 is 2.28 bits per heavy atom. The van der Waals surface area contributed by atoms with Crippen LogP contribution in [0.4, 0.5) is 11.4 Å². The minimum Gasteiger partial charge on any atom is -0.377 e. The van der Waals surface area contributed by atoms with E-state index >= 15 is 0 Å². The first-order chi connectivity index (χ1) is 22.2. The molecule has 5 aromatic rings. The van der Waals surface area contributed by atoms with E-state index in [2.05, 4.69) is 85.0 Å². The summed E-state index contributed by atoms with van der Waals surface area (Å²) in [5.74, 6) is 0. The van der Waals surface area contributed by atoms with Crippen LogP contribution < -0.4 is 10.6 Å². The van der Waals surface area contributed by atoms with Gasteiger partial charge in [-0.2, -0.15) is 5.26 Å². The molecule has 0 radical (unpaired) electrons. The van der Waals surface area contributed by atoms with Gasteiger partial charge in [0.05, 0.1) is 46.8 Å². The molecule has 2 aromatic heterocycles. The van der Waals surface area contributed by atoms with Crippen LogP contribution in [0.25, 0.3) is 10.9 Å². The standard InChI is InChI=1S/C37H41ClN8/c1-5-31(25-12-8-6-9-13-25)41-34-27(22-39)23-40-36-30(34)20-28(38)21-32(36)42-35(26-14-10-7-11-15-26)33-24-46(44-43-33)29-16-18-45(19-17-29)37(2,3)4/h6-15,20-21,23-24,29,31,35,42H,5,16-19H2,1-4H3,(H,40,41)/t31-,35+/m1/s1. The van der Waals surface area contributed by atoms with Crippen LogP contribution in [0.1, 0.15) is 87.5 Å². The van der Waals surface area contributed by atoms with Crippen molar-refractivity contribution in [2.24, 2.45) is 0 Å². The maximum atomic E-state index is 10.1. The lowest BCUT2D eigenvalue weighted by molar-refractivity contribution is 0.0866. The third-order valence-corrected chi connectivity index (χ3v) is 9.25. The predicted molar refractivity (Wildman–Crippen MR) is 186 cm³/mol. The van der Waals surface area contributed by atoms with Crippen LogP contribution in [-0.4, -0.2) is 43.5 Å². The van der Waals surface area contributed by atoms with Gasteiger partial charge in [0.2, 0.25) is 0 Å². The molecule has 3 heterocycles. The lowest BCUT2D eigenvalue weighted by Gasteiger charge is -2.40. The Hall–Kier alpha value is -4.45. The number of anilines is 2. The number of hydrogen-bond donors (Lipinski definition) is 2. The van der Waals surface area contributed by atoms with E-state index in [1.165, 1.54) is 0 Å². The average molecular weight is 633 g/mol. The number of nitrogens with zero attached hydrogens (tertiary/aromatic N) is 6. The number of hydrogen-bond acceptors (Lipinski definition) is 7. The number of rotatable bonds is 9. The summed E-state index contributed by atoms with van der Waals surface area (Å²) in [6.07, 6.45) is 6.62. The van der Waals surface area contributed by atoms with E-state index in [0.29, 0.717) is 16.6 Å². The molecule has 6 rings (SSSR count). The molecule has 8 nitrogen and oxygen atoms in total.